The highest BCUT2D eigenvalue weighted by atomic mass is 13.9. The molecule has 0 rings (SSSR count). The Labute approximate surface area is 258 Å². The molecule has 240 valence electrons. The Kier molecular flexibility index (Phi) is 74.6. The zero-order valence-electron chi connectivity index (χ0n) is 29.1. The minimum Gasteiger partial charge on any atom is -0.103 e. The molecule has 0 nitrogen and oxygen atoms in total. The van der Waals surface area contributed by atoms with Crippen LogP contribution in [-0.2, 0) is 0 Å². The summed E-state index contributed by atoms with van der Waals surface area (Å²) < 4.78 is 0. The van der Waals surface area contributed by atoms with Gasteiger partial charge in [0.25, 0.3) is 0 Å². The second-order valence-corrected chi connectivity index (χ2v) is 10.7. The quantitative estimate of drug-likeness (QED) is 0.0769. The van der Waals surface area contributed by atoms with Gasteiger partial charge in [0.1, 0.15) is 0 Å². The van der Waals surface area contributed by atoms with Crippen molar-refractivity contribution in [2.45, 2.75) is 195 Å². The van der Waals surface area contributed by atoms with Crippen LogP contribution in [0.25, 0.3) is 0 Å². The third kappa shape index (κ3) is 83.3. The molecule has 0 unspecified atom stereocenters. The molecule has 0 amide bonds. The largest absolute Gasteiger partial charge is 0.103 e. The van der Waals surface area contributed by atoms with Crippen LogP contribution in [0.15, 0.2) is 63.3 Å². The maximum atomic E-state index is 3.66. The summed E-state index contributed by atoms with van der Waals surface area (Å²) in [4.78, 5) is 0. The second-order valence-electron chi connectivity index (χ2n) is 10.7. The molecule has 0 radical (unpaired) electrons. The monoisotopic (exact) mass is 561 g/mol. The molecular formula is C40H80. The highest BCUT2D eigenvalue weighted by Gasteiger charge is 1.84. The van der Waals surface area contributed by atoms with Crippen molar-refractivity contribution in [2.24, 2.45) is 0 Å². The summed E-state index contributed by atoms with van der Waals surface area (Å²) in [6.45, 7) is 29.4. The average Bonchev–Trinajstić information content (AvgIpc) is 2.98. The van der Waals surface area contributed by atoms with Gasteiger partial charge in [0.05, 0.1) is 0 Å². The van der Waals surface area contributed by atoms with E-state index in [9.17, 15) is 0 Å². The lowest BCUT2D eigenvalue weighted by atomic mass is 10.2. The Balaban J connectivity index is -0.000000128. The minimum absolute atomic E-state index is 1.19. The standard InChI is InChI=1S/5C8H16/c5*1-3-5-7-8-6-4-2/h5*3H,1,4-8H2,2H3. The van der Waals surface area contributed by atoms with Gasteiger partial charge in [-0.05, 0) is 64.2 Å². The zero-order valence-corrected chi connectivity index (χ0v) is 29.1. The number of rotatable bonds is 25. The first kappa shape index (κ1) is 48.4. The zero-order chi connectivity index (χ0) is 31.2. The van der Waals surface area contributed by atoms with E-state index in [1.54, 1.807) is 0 Å². The number of hydrogen-bond acceptors (Lipinski definition) is 0. The number of hydrogen-bond donors (Lipinski definition) is 0. The molecule has 0 fully saturated rings. The summed E-state index contributed by atoms with van der Waals surface area (Å²) in [7, 11) is 0. The van der Waals surface area contributed by atoms with Crippen molar-refractivity contribution in [3.05, 3.63) is 63.3 Å². The molecule has 0 heterocycles. The van der Waals surface area contributed by atoms with Crippen molar-refractivity contribution in [3.63, 3.8) is 0 Å². The molecule has 0 N–H and O–H groups in total. The van der Waals surface area contributed by atoms with Crippen molar-refractivity contribution in [1.82, 2.24) is 0 Å². The fourth-order valence-corrected chi connectivity index (χ4v) is 3.58. The predicted molar refractivity (Wildman–Crippen MR) is 195 cm³/mol. The fourth-order valence-electron chi connectivity index (χ4n) is 3.58. The molecular weight excluding hydrogens is 480 g/mol. The molecule has 0 atom stereocenters. The Bertz CT molecular complexity index is 323. The van der Waals surface area contributed by atoms with E-state index in [-0.39, 0.29) is 0 Å². The van der Waals surface area contributed by atoms with E-state index < -0.39 is 0 Å². The lowest BCUT2D eigenvalue weighted by Crippen LogP contribution is -1.71. The van der Waals surface area contributed by atoms with Gasteiger partial charge in [-0.2, -0.15) is 0 Å². The molecule has 0 heteroatoms. The predicted octanol–water partition coefficient (Wildman–Crippen LogP) is 15.7. The smallest absolute Gasteiger partial charge is 0.0353 e. The van der Waals surface area contributed by atoms with Crippen LogP contribution in [0.1, 0.15) is 195 Å². The first-order chi connectivity index (χ1) is 19.6. The molecule has 0 bridgehead atoms. The van der Waals surface area contributed by atoms with Crippen molar-refractivity contribution >= 4 is 0 Å². The lowest BCUT2D eigenvalue weighted by Gasteiger charge is -1.91. The first-order valence-electron chi connectivity index (χ1n) is 17.6. The lowest BCUT2D eigenvalue weighted by molar-refractivity contribution is 0.675. The molecule has 0 saturated heterocycles. The van der Waals surface area contributed by atoms with Crippen LogP contribution in [0.2, 0.25) is 0 Å². The van der Waals surface area contributed by atoms with Crippen LogP contribution < -0.4 is 0 Å². The Morgan fingerprint density at radius 3 is 0.500 bits per heavy atom. The summed E-state index contributed by atoms with van der Waals surface area (Å²) in [6, 6.07) is 0. The third-order valence-corrected chi connectivity index (χ3v) is 6.31. The highest BCUT2D eigenvalue weighted by Crippen LogP contribution is 2.04. The van der Waals surface area contributed by atoms with E-state index in [4.69, 9.17) is 0 Å². The van der Waals surface area contributed by atoms with Crippen LogP contribution >= 0.6 is 0 Å². The summed E-state index contributed by atoms with van der Waals surface area (Å²) >= 11 is 0. The number of allylic oxidation sites excluding steroid dienone is 5. The van der Waals surface area contributed by atoms with Gasteiger partial charge < -0.3 is 0 Å². The molecule has 0 aliphatic heterocycles. The molecule has 0 spiro atoms. The van der Waals surface area contributed by atoms with Crippen molar-refractivity contribution in [2.75, 3.05) is 0 Å². The van der Waals surface area contributed by atoms with E-state index in [2.05, 4.69) is 67.5 Å². The van der Waals surface area contributed by atoms with E-state index in [1.165, 1.54) is 161 Å². The minimum atomic E-state index is 1.19. The molecule has 0 aromatic heterocycles. The van der Waals surface area contributed by atoms with Crippen molar-refractivity contribution in [1.29, 1.82) is 0 Å². The first-order valence-corrected chi connectivity index (χ1v) is 17.6. The van der Waals surface area contributed by atoms with E-state index in [1.807, 2.05) is 30.4 Å². The summed E-state index contributed by atoms with van der Waals surface area (Å²) in [6.07, 6.45) is 43.1. The molecule has 0 aliphatic rings. The number of unbranched alkanes of at least 4 members (excludes halogenated alkanes) is 20. The highest BCUT2D eigenvalue weighted by molar-refractivity contribution is 4.67. The summed E-state index contributed by atoms with van der Waals surface area (Å²) in [5.74, 6) is 0. The third-order valence-electron chi connectivity index (χ3n) is 6.31. The molecule has 0 saturated carbocycles. The van der Waals surface area contributed by atoms with Crippen LogP contribution in [-0.4, -0.2) is 0 Å². The van der Waals surface area contributed by atoms with Gasteiger partial charge in [-0.1, -0.05) is 161 Å². The van der Waals surface area contributed by atoms with Gasteiger partial charge in [0.15, 0.2) is 0 Å². The fraction of sp³-hybridized carbons (Fsp3) is 0.750. The van der Waals surface area contributed by atoms with Gasteiger partial charge in [0.2, 0.25) is 0 Å². The Hall–Kier alpha value is -1.30. The molecule has 0 aromatic carbocycles. The van der Waals surface area contributed by atoms with Gasteiger partial charge in [0, 0.05) is 0 Å². The van der Waals surface area contributed by atoms with Crippen LogP contribution in [0.5, 0.6) is 0 Å². The van der Waals surface area contributed by atoms with Crippen LogP contribution in [0, 0.1) is 0 Å². The molecule has 0 aliphatic carbocycles. The summed E-state index contributed by atoms with van der Waals surface area (Å²) in [5, 5.41) is 0. The molecule has 40 heavy (non-hydrogen) atoms. The molecule has 0 aromatic rings. The maximum absolute atomic E-state index is 3.66. The van der Waals surface area contributed by atoms with Crippen LogP contribution in [0.3, 0.4) is 0 Å². The summed E-state index contributed by atoms with van der Waals surface area (Å²) in [5.41, 5.74) is 0. The van der Waals surface area contributed by atoms with E-state index in [0.717, 1.165) is 0 Å². The van der Waals surface area contributed by atoms with E-state index >= 15 is 0 Å². The van der Waals surface area contributed by atoms with Gasteiger partial charge in [-0.25, -0.2) is 0 Å². The Morgan fingerprint density at radius 2 is 0.400 bits per heavy atom. The Morgan fingerprint density at radius 1 is 0.250 bits per heavy atom. The average molecular weight is 561 g/mol. The van der Waals surface area contributed by atoms with Crippen molar-refractivity contribution < 1.29 is 0 Å². The maximum Gasteiger partial charge on any atom is -0.0353 e. The van der Waals surface area contributed by atoms with E-state index in [0.29, 0.717) is 0 Å². The topological polar surface area (TPSA) is 0 Å². The second kappa shape index (κ2) is 61.6. The van der Waals surface area contributed by atoms with Gasteiger partial charge in [-0.15, -0.1) is 32.9 Å². The normalized spacial score (nSPS) is 9.12. The van der Waals surface area contributed by atoms with Crippen LogP contribution in [0.4, 0.5) is 0 Å². The van der Waals surface area contributed by atoms with Gasteiger partial charge >= 0.3 is 0 Å². The van der Waals surface area contributed by atoms with Gasteiger partial charge in [-0.3, -0.25) is 0 Å². The van der Waals surface area contributed by atoms with Crippen molar-refractivity contribution in [3.8, 4) is 0 Å². The SMILES string of the molecule is C=CCCCCCC.C=CCCCCCC.C=CCCCCCC.C=CCCCCCC.C=CCCCCCC.